The summed E-state index contributed by atoms with van der Waals surface area (Å²) in [7, 11) is 0. The minimum Gasteiger partial charge on any atom is -0.309 e. The molecule has 0 bridgehead atoms. The van der Waals surface area contributed by atoms with Gasteiger partial charge in [0.25, 0.3) is 0 Å². The standard InChI is InChI=1S/C60H36N4/c1-3-18-44-37(13-1)27-28-40-33-42(30-31-45(40)44)59-58(61-52-22-7-8-23-53(52)62-59)41-16-11-17-43(34-41)63-54-24-9-6-21-48(54)51-36-50-39(35-57(51)63)15-12-26-56(50)64-55-25-10-5-20-47(55)49-32-29-38-14-2-4-19-46(38)60(49)64/h1-36H. The fourth-order valence-electron chi connectivity index (χ4n) is 10.5. The maximum atomic E-state index is 5.36. The van der Waals surface area contributed by atoms with Crippen molar-refractivity contribution in [2.45, 2.75) is 0 Å². The first-order chi connectivity index (χ1) is 31.7. The van der Waals surface area contributed by atoms with Crippen molar-refractivity contribution in [1.82, 2.24) is 19.1 Å². The number of benzene rings is 11. The molecule has 0 saturated heterocycles. The lowest BCUT2D eigenvalue weighted by atomic mass is 9.97. The van der Waals surface area contributed by atoms with E-state index >= 15 is 0 Å². The summed E-state index contributed by atoms with van der Waals surface area (Å²) in [5.74, 6) is 0. The van der Waals surface area contributed by atoms with Gasteiger partial charge in [0.1, 0.15) is 0 Å². The van der Waals surface area contributed by atoms with Crippen LogP contribution in [0.25, 0.3) is 132 Å². The van der Waals surface area contributed by atoms with E-state index in [2.05, 4.69) is 215 Å². The number of hydrogen-bond acceptors (Lipinski definition) is 2. The summed E-state index contributed by atoms with van der Waals surface area (Å²) < 4.78 is 4.91. The van der Waals surface area contributed by atoms with Gasteiger partial charge in [0.05, 0.1) is 50.2 Å². The average molecular weight is 813 g/mol. The Morgan fingerprint density at radius 1 is 0.281 bits per heavy atom. The highest BCUT2D eigenvalue weighted by molar-refractivity contribution is 6.20. The molecule has 0 atom stereocenters. The van der Waals surface area contributed by atoms with Gasteiger partial charge in [-0.3, -0.25) is 0 Å². The maximum Gasteiger partial charge on any atom is 0.0973 e. The van der Waals surface area contributed by atoms with E-state index < -0.39 is 0 Å². The van der Waals surface area contributed by atoms with Gasteiger partial charge in [-0.1, -0.05) is 158 Å². The second kappa shape index (κ2) is 13.4. The molecule has 0 N–H and O–H groups in total. The number of para-hydroxylation sites is 4. The van der Waals surface area contributed by atoms with E-state index in [0.29, 0.717) is 0 Å². The fraction of sp³-hybridized carbons (Fsp3) is 0. The number of nitrogens with zero attached hydrogens (tertiary/aromatic N) is 4. The predicted molar refractivity (Wildman–Crippen MR) is 269 cm³/mol. The SMILES string of the molecule is c1cc(-c2nc3ccccc3nc2-c2ccc3c(ccc4ccccc43)c2)cc(-n2c3ccccc3c3cc4c(-n5c6ccccc6c6ccc7ccccc7c65)cccc4cc32)c1. The molecule has 0 unspecified atom stereocenters. The Morgan fingerprint density at radius 3 is 1.62 bits per heavy atom. The van der Waals surface area contributed by atoms with Crippen molar-refractivity contribution in [3.63, 3.8) is 0 Å². The highest BCUT2D eigenvalue weighted by Gasteiger charge is 2.20. The van der Waals surface area contributed by atoms with Gasteiger partial charge in [0.2, 0.25) is 0 Å². The molecule has 4 heteroatoms. The van der Waals surface area contributed by atoms with Crippen molar-refractivity contribution in [2.24, 2.45) is 0 Å². The van der Waals surface area contributed by atoms with Crippen LogP contribution in [0, 0.1) is 0 Å². The predicted octanol–water partition coefficient (Wildman–Crippen LogP) is 15.8. The van der Waals surface area contributed by atoms with Crippen molar-refractivity contribution in [2.75, 3.05) is 0 Å². The number of aromatic nitrogens is 4. The van der Waals surface area contributed by atoms with Crippen LogP contribution < -0.4 is 0 Å². The fourth-order valence-corrected chi connectivity index (χ4v) is 10.5. The highest BCUT2D eigenvalue weighted by atomic mass is 15.0. The van der Waals surface area contributed by atoms with Crippen LogP contribution >= 0.6 is 0 Å². The second-order valence-electron chi connectivity index (χ2n) is 16.9. The monoisotopic (exact) mass is 812 g/mol. The van der Waals surface area contributed by atoms with E-state index in [-0.39, 0.29) is 0 Å². The zero-order valence-electron chi connectivity index (χ0n) is 34.6. The molecule has 11 aromatic carbocycles. The Hall–Kier alpha value is -8.60. The van der Waals surface area contributed by atoms with Crippen LogP contribution in [0.5, 0.6) is 0 Å². The summed E-state index contributed by atoms with van der Waals surface area (Å²) in [4.78, 5) is 10.7. The van der Waals surface area contributed by atoms with E-state index in [0.717, 1.165) is 50.3 Å². The molecule has 0 aliphatic carbocycles. The first-order valence-corrected chi connectivity index (χ1v) is 21.9. The van der Waals surface area contributed by atoms with Gasteiger partial charge in [-0.2, -0.15) is 0 Å². The minimum atomic E-state index is 0.857. The third-order valence-electron chi connectivity index (χ3n) is 13.4. The Morgan fingerprint density at radius 2 is 0.828 bits per heavy atom. The van der Waals surface area contributed by atoms with Gasteiger partial charge in [0.15, 0.2) is 0 Å². The molecule has 0 amide bonds. The second-order valence-corrected chi connectivity index (χ2v) is 16.9. The molecule has 0 saturated carbocycles. The summed E-state index contributed by atoms with van der Waals surface area (Å²) >= 11 is 0. The molecule has 296 valence electrons. The molecule has 0 fully saturated rings. The quantitative estimate of drug-likeness (QED) is 0.166. The number of hydrogen-bond donors (Lipinski definition) is 0. The van der Waals surface area contributed by atoms with Gasteiger partial charge in [0, 0.05) is 49.1 Å². The van der Waals surface area contributed by atoms with Crippen LogP contribution in [-0.4, -0.2) is 19.1 Å². The van der Waals surface area contributed by atoms with Crippen LogP contribution in [0.4, 0.5) is 0 Å². The van der Waals surface area contributed by atoms with Gasteiger partial charge in [-0.15, -0.1) is 0 Å². The zero-order chi connectivity index (χ0) is 41.9. The highest BCUT2D eigenvalue weighted by Crippen LogP contribution is 2.42. The minimum absolute atomic E-state index is 0.857. The van der Waals surface area contributed by atoms with Gasteiger partial charge < -0.3 is 9.13 Å². The molecule has 64 heavy (non-hydrogen) atoms. The van der Waals surface area contributed by atoms with Crippen LogP contribution in [0.1, 0.15) is 0 Å². The smallest absolute Gasteiger partial charge is 0.0973 e. The van der Waals surface area contributed by atoms with E-state index in [1.807, 2.05) is 12.1 Å². The van der Waals surface area contributed by atoms with E-state index in [1.165, 1.54) is 81.4 Å². The maximum absolute atomic E-state index is 5.36. The van der Waals surface area contributed by atoms with Gasteiger partial charge in [-0.05, 0) is 93.0 Å². The van der Waals surface area contributed by atoms with E-state index in [1.54, 1.807) is 0 Å². The van der Waals surface area contributed by atoms with Crippen LogP contribution in [0.15, 0.2) is 218 Å². The van der Waals surface area contributed by atoms with Crippen LogP contribution in [0.2, 0.25) is 0 Å². The molecular weight excluding hydrogens is 777 g/mol. The molecular formula is C60H36N4. The molecule has 0 aliphatic rings. The van der Waals surface area contributed by atoms with Gasteiger partial charge in [-0.25, -0.2) is 9.97 Å². The zero-order valence-corrected chi connectivity index (χ0v) is 34.6. The van der Waals surface area contributed by atoms with Crippen LogP contribution in [0.3, 0.4) is 0 Å². The third kappa shape index (κ3) is 5.11. The van der Waals surface area contributed by atoms with Crippen molar-refractivity contribution >= 4 is 97.7 Å². The van der Waals surface area contributed by atoms with Gasteiger partial charge >= 0.3 is 0 Å². The molecule has 3 heterocycles. The summed E-state index contributed by atoms with van der Waals surface area (Å²) in [5.41, 5.74) is 12.5. The number of fused-ring (bicyclic) bond motifs is 13. The van der Waals surface area contributed by atoms with Crippen molar-refractivity contribution < 1.29 is 0 Å². The summed E-state index contributed by atoms with van der Waals surface area (Å²) in [6.45, 7) is 0. The molecule has 14 rings (SSSR count). The first-order valence-electron chi connectivity index (χ1n) is 21.9. The van der Waals surface area contributed by atoms with Crippen molar-refractivity contribution in [1.29, 1.82) is 0 Å². The van der Waals surface area contributed by atoms with E-state index in [4.69, 9.17) is 9.97 Å². The Bertz CT molecular complexity index is 4270. The normalized spacial score (nSPS) is 12.1. The lowest BCUT2D eigenvalue weighted by Gasteiger charge is -2.15. The Kier molecular flexibility index (Phi) is 7.36. The first kappa shape index (κ1) is 35.0. The molecule has 14 aromatic rings. The molecule has 0 aliphatic heterocycles. The lowest BCUT2D eigenvalue weighted by Crippen LogP contribution is -1.98. The molecule has 4 nitrogen and oxygen atoms in total. The van der Waals surface area contributed by atoms with Crippen LogP contribution in [-0.2, 0) is 0 Å². The largest absolute Gasteiger partial charge is 0.309 e. The van der Waals surface area contributed by atoms with Crippen molar-refractivity contribution in [3.8, 4) is 33.9 Å². The lowest BCUT2D eigenvalue weighted by molar-refractivity contribution is 1.18. The molecule has 3 aromatic heterocycles. The topological polar surface area (TPSA) is 35.6 Å². The van der Waals surface area contributed by atoms with E-state index in [9.17, 15) is 0 Å². The van der Waals surface area contributed by atoms with Crippen molar-refractivity contribution in [3.05, 3.63) is 218 Å². The molecule has 0 spiro atoms. The summed E-state index contributed by atoms with van der Waals surface area (Å²) in [5, 5.41) is 14.7. The third-order valence-corrected chi connectivity index (χ3v) is 13.4. The Balaban J connectivity index is 0.982. The Labute approximate surface area is 367 Å². The number of rotatable bonds is 4. The average Bonchev–Trinajstić information content (AvgIpc) is 3.87. The summed E-state index contributed by atoms with van der Waals surface area (Å²) in [6.07, 6.45) is 0. The summed E-state index contributed by atoms with van der Waals surface area (Å²) in [6, 6.07) is 79.2. The molecule has 0 radical (unpaired) electrons.